The average Bonchev–Trinajstić information content (AvgIpc) is 2.15. The second kappa shape index (κ2) is 6.48. The summed E-state index contributed by atoms with van der Waals surface area (Å²) in [6.07, 6.45) is -0.559. The lowest BCUT2D eigenvalue weighted by Gasteiger charge is -2.23. The van der Waals surface area contributed by atoms with Crippen molar-refractivity contribution in [3.8, 4) is 0 Å². The Morgan fingerprint density at radius 3 is 2.25 bits per heavy atom. The zero-order valence-electron chi connectivity index (χ0n) is 10.8. The van der Waals surface area contributed by atoms with Gasteiger partial charge in [-0.05, 0) is 6.92 Å². The van der Waals surface area contributed by atoms with E-state index in [2.05, 4.69) is 0 Å². The number of carbonyl (C=O) groups is 2. The van der Waals surface area contributed by atoms with Crippen molar-refractivity contribution in [2.45, 2.75) is 26.4 Å². The van der Waals surface area contributed by atoms with Gasteiger partial charge < -0.3 is 14.0 Å². The van der Waals surface area contributed by atoms with Gasteiger partial charge in [-0.1, -0.05) is 6.92 Å². The van der Waals surface area contributed by atoms with Gasteiger partial charge in [0.2, 0.25) is 0 Å². The Hall–Kier alpha value is -1.10. The van der Waals surface area contributed by atoms with E-state index < -0.39 is 18.0 Å². The standard InChI is InChI=1S/C11H22NO4/c1-6-10(13)16-9(2)11(14)15-8-7-12(3,4)5/h9H,6-8H2,1-5H3/q+1. The fourth-order valence-electron chi connectivity index (χ4n) is 0.866. The molecule has 5 nitrogen and oxygen atoms in total. The molecule has 94 valence electrons. The van der Waals surface area contributed by atoms with Crippen LogP contribution in [-0.2, 0) is 19.1 Å². The number of rotatable bonds is 6. The Balaban J connectivity index is 3.84. The molecule has 0 spiro atoms. The first-order valence-corrected chi connectivity index (χ1v) is 5.43. The summed E-state index contributed by atoms with van der Waals surface area (Å²) in [6.45, 7) is 4.25. The monoisotopic (exact) mass is 232 g/mol. The van der Waals surface area contributed by atoms with Crippen molar-refractivity contribution in [1.82, 2.24) is 0 Å². The van der Waals surface area contributed by atoms with E-state index in [9.17, 15) is 9.59 Å². The first-order chi connectivity index (χ1) is 7.26. The quantitative estimate of drug-likeness (QED) is 0.496. The molecule has 16 heavy (non-hydrogen) atoms. The van der Waals surface area contributed by atoms with Gasteiger partial charge in [0.1, 0.15) is 13.2 Å². The Bertz CT molecular complexity index is 245. The number of ether oxygens (including phenoxy) is 2. The Labute approximate surface area is 96.9 Å². The second-order valence-corrected chi connectivity index (χ2v) is 4.67. The highest BCUT2D eigenvalue weighted by Gasteiger charge is 2.19. The molecule has 0 aromatic rings. The Morgan fingerprint density at radius 2 is 1.81 bits per heavy atom. The molecule has 1 unspecified atom stereocenters. The predicted molar refractivity (Wildman–Crippen MR) is 59.7 cm³/mol. The Kier molecular flexibility index (Phi) is 6.03. The maximum Gasteiger partial charge on any atom is 0.347 e. The zero-order valence-corrected chi connectivity index (χ0v) is 10.8. The van der Waals surface area contributed by atoms with Gasteiger partial charge in [0.25, 0.3) is 0 Å². The van der Waals surface area contributed by atoms with Gasteiger partial charge >= 0.3 is 11.9 Å². The summed E-state index contributed by atoms with van der Waals surface area (Å²) in [5.74, 6) is -0.883. The third-order valence-electron chi connectivity index (χ3n) is 1.94. The molecule has 0 fully saturated rings. The number of esters is 2. The summed E-state index contributed by atoms with van der Waals surface area (Å²) >= 11 is 0. The van der Waals surface area contributed by atoms with Crippen molar-refractivity contribution in [1.29, 1.82) is 0 Å². The van der Waals surface area contributed by atoms with E-state index in [1.54, 1.807) is 6.92 Å². The molecule has 0 aromatic carbocycles. The van der Waals surface area contributed by atoms with Crippen LogP contribution in [0.25, 0.3) is 0 Å². The van der Waals surface area contributed by atoms with E-state index in [4.69, 9.17) is 9.47 Å². The molecule has 1 atom stereocenters. The van der Waals surface area contributed by atoms with Gasteiger partial charge in [-0.25, -0.2) is 4.79 Å². The van der Waals surface area contributed by atoms with Gasteiger partial charge in [-0.2, -0.15) is 0 Å². The van der Waals surface area contributed by atoms with Gasteiger partial charge in [0, 0.05) is 6.42 Å². The molecule has 0 bridgehead atoms. The van der Waals surface area contributed by atoms with Crippen LogP contribution in [0.2, 0.25) is 0 Å². The first kappa shape index (κ1) is 14.9. The van der Waals surface area contributed by atoms with E-state index in [1.165, 1.54) is 6.92 Å². The minimum atomic E-state index is -0.820. The topological polar surface area (TPSA) is 52.6 Å². The molecule has 0 rings (SSSR count). The van der Waals surface area contributed by atoms with E-state index in [1.807, 2.05) is 21.1 Å². The van der Waals surface area contributed by atoms with Gasteiger partial charge in [-0.15, -0.1) is 0 Å². The maximum atomic E-state index is 11.4. The largest absolute Gasteiger partial charge is 0.457 e. The number of carbonyl (C=O) groups excluding carboxylic acids is 2. The number of likely N-dealkylation sites (N-methyl/N-ethyl adjacent to an activating group) is 1. The van der Waals surface area contributed by atoms with Crippen LogP contribution in [0.15, 0.2) is 0 Å². The fourth-order valence-corrected chi connectivity index (χ4v) is 0.866. The van der Waals surface area contributed by atoms with Crippen LogP contribution in [0.3, 0.4) is 0 Å². The molecular formula is C11H22NO4+. The molecule has 0 aliphatic carbocycles. The highest BCUT2D eigenvalue weighted by atomic mass is 16.6. The third kappa shape index (κ3) is 7.23. The maximum absolute atomic E-state index is 11.4. The lowest BCUT2D eigenvalue weighted by atomic mass is 10.4. The van der Waals surface area contributed by atoms with Crippen LogP contribution in [0.4, 0.5) is 0 Å². The van der Waals surface area contributed by atoms with Crippen molar-refractivity contribution in [3.05, 3.63) is 0 Å². The fraction of sp³-hybridized carbons (Fsp3) is 0.818. The molecular weight excluding hydrogens is 210 g/mol. The molecule has 0 saturated carbocycles. The molecule has 0 aliphatic rings. The van der Waals surface area contributed by atoms with E-state index >= 15 is 0 Å². The van der Waals surface area contributed by atoms with Gasteiger partial charge in [0.15, 0.2) is 6.10 Å². The average molecular weight is 232 g/mol. The molecule has 0 amide bonds. The number of quaternary nitrogens is 1. The van der Waals surface area contributed by atoms with Crippen molar-refractivity contribution in [2.75, 3.05) is 34.3 Å². The van der Waals surface area contributed by atoms with Crippen LogP contribution in [0.5, 0.6) is 0 Å². The zero-order chi connectivity index (χ0) is 12.8. The van der Waals surface area contributed by atoms with Gasteiger partial charge in [0.05, 0.1) is 21.1 Å². The molecule has 5 heteroatoms. The molecule has 0 heterocycles. The van der Waals surface area contributed by atoms with Gasteiger partial charge in [-0.3, -0.25) is 4.79 Å². The highest BCUT2D eigenvalue weighted by Crippen LogP contribution is 1.98. The van der Waals surface area contributed by atoms with Crippen molar-refractivity contribution in [3.63, 3.8) is 0 Å². The lowest BCUT2D eigenvalue weighted by Crippen LogP contribution is -2.38. The highest BCUT2D eigenvalue weighted by molar-refractivity contribution is 5.78. The van der Waals surface area contributed by atoms with Crippen LogP contribution in [0, 0.1) is 0 Å². The van der Waals surface area contributed by atoms with Crippen molar-refractivity contribution < 1.29 is 23.5 Å². The molecule has 0 aromatic heterocycles. The van der Waals surface area contributed by atoms with Crippen molar-refractivity contribution in [2.24, 2.45) is 0 Å². The molecule has 0 N–H and O–H groups in total. The summed E-state index contributed by atoms with van der Waals surface area (Å²) in [5.41, 5.74) is 0. The summed E-state index contributed by atoms with van der Waals surface area (Å²) in [5, 5.41) is 0. The smallest absolute Gasteiger partial charge is 0.347 e. The molecule has 0 radical (unpaired) electrons. The number of hydrogen-bond acceptors (Lipinski definition) is 4. The minimum Gasteiger partial charge on any atom is -0.457 e. The van der Waals surface area contributed by atoms with Crippen LogP contribution in [0.1, 0.15) is 20.3 Å². The normalized spacial score (nSPS) is 13.1. The number of nitrogens with zero attached hydrogens (tertiary/aromatic N) is 1. The van der Waals surface area contributed by atoms with E-state index in [0.717, 1.165) is 11.0 Å². The Morgan fingerprint density at radius 1 is 1.25 bits per heavy atom. The van der Waals surface area contributed by atoms with Crippen LogP contribution in [-0.4, -0.2) is 56.8 Å². The SMILES string of the molecule is CCC(=O)OC(C)C(=O)OCC[N+](C)(C)C. The van der Waals surface area contributed by atoms with Crippen molar-refractivity contribution >= 4 is 11.9 Å². The molecule has 0 saturated heterocycles. The predicted octanol–water partition coefficient (Wildman–Crippen LogP) is 0.577. The summed E-state index contributed by atoms with van der Waals surface area (Å²) in [7, 11) is 6.02. The summed E-state index contributed by atoms with van der Waals surface area (Å²) < 4.78 is 10.5. The van der Waals surface area contributed by atoms with E-state index in [-0.39, 0.29) is 6.42 Å². The first-order valence-electron chi connectivity index (χ1n) is 5.43. The van der Waals surface area contributed by atoms with Crippen LogP contribution < -0.4 is 0 Å². The lowest BCUT2D eigenvalue weighted by molar-refractivity contribution is -0.870. The second-order valence-electron chi connectivity index (χ2n) is 4.67. The molecule has 0 aliphatic heterocycles. The third-order valence-corrected chi connectivity index (χ3v) is 1.94. The summed E-state index contributed by atoms with van der Waals surface area (Å²) in [6, 6.07) is 0. The number of hydrogen-bond donors (Lipinski definition) is 0. The minimum absolute atomic E-state index is 0.260. The van der Waals surface area contributed by atoms with Crippen LogP contribution >= 0.6 is 0 Å². The summed E-state index contributed by atoms with van der Waals surface area (Å²) in [4.78, 5) is 22.3. The van der Waals surface area contributed by atoms with E-state index in [0.29, 0.717) is 6.61 Å².